The summed E-state index contributed by atoms with van der Waals surface area (Å²) in [4.78, 5) is 0. The van der Waals surface area contributed by atoms with Crippen molar-refractivity contribution in [3.8, 4) is 0 Å². The van der Waals surface area contributed by atoms with Gasteiger partial charge < -0.3 is 17.2 Å². The lowest BCUT2D eigenvalue weighted by Gasteiger charge is -1.88. The minimum atomic E-state index is -0.304. The van der Waals surface area contributed by atoms with Crippen LogP contribution in [0.4, 0.5) is 15.8 Å². The number of allylic oxidation sites excluding steroid dienone is 4. The second-order valence-electron chi connectivity index (χ2n) is 4.54. The third-order valence-corrected chi connectivity index (χ3v) is 2.65. The average molecular weight is 348 g/mol. The van der Waals surface area contributed by atoms with Crippen LogP contribution in [0.2, 0.25) is 5.02 Å². The fraction of sp³-hybridized carbons (Fsp3) is 0.0526. The smallest absolute Gasteiger partial charge is 0.119 e. The average Bonchev–Trinajstić information content (AvgIpc) is 2.57. The quantitative estimate of drug-likeness (QED) is 0.523. The van der Waals surface area contributed by atoms with Gasteiger partial charge >= 0.3 is 0 Å². The van der Waals surface area contributed by atoms with Crippen LogP contribution in [-0.2, 0) is 0 Å². The van der Waals surface area contributed by atoms with Crippen LogP contribution >= 0.6 is 11.6 Å². The fourth-order valence-electron chi connectivity index (χ4n) is 1.20. The number of nitrogens with two attached hydrogens (primary N) is 3. The molecule has 0 aromatic heterocycles. The SMILES string of the molecule is C=C(N)/C=C\C(F)=C/C.Nc1ccc(Cl)cc1.Nc1ccccc1. The molecule has 24 heavy (non-hydrogen) atoms. The molecule has 0 heterocycles. The van der Waals surface area contributed by atoms with E-state index in [0.717, 1.165) is 16.4 Å². The molecule has 2 aromatic carbocycles. The Morgan fingerprint density at radius 2 is 1.46 bits per heavy atom. The lowest BCUT2D eigenvalue weighted by Crippen LogP contribution is -1.87. The van der Waals surface area contributed by atoms with Crippen molar-refractivity contribution >= 4 is 23.0 Å². The Balaban J connectivity index is 0.000000332. The minimum Gasteiger partial charge on any atom is -0.399 e. The standard InChI is InChI=1S/C7H10FN.C6H6ClN.C6H7N/c1-3-7(8)5-4-6(2)9;7-5-1-3-6(8)4-2-5;7-6-4-2-1-3-5-6/h3-5H,2,9H2,1H3;1-4H,8H2;1-5H,7H2/b5-4-,7-3+;;. The summed E-state index contributed by atoms with van der Waals surface area (Å²) in [6.45, 7) is 4.97. The van der Waals surface area contributed by atoms with E-state index < -0.39 is 0 Å². The van der Waals surface area contributed by atoms with Crippen molar-refractivity contribution in [2.75, 3.05) is 11.5 Å². The van der Waals surface area contributed by atoms with E-state index in [0.29, 0.717) is 5.70 Å². The van der Waals surface area contributed by atoms with Crippen molar-refractivity contribution < 1.29 is 4.39 Å². The van der Waals surface area contributed by atoms with Crippen LogP contribution in [0.5, 0.6) is 0 Å². The number of halogens is 2. The Hall–Kier alpha value is -2.72. The van der Waals surface area contributed by atoms with Gasteiger partial charge in [-0.05, 0) is 55.5 Å². The second-order valence-corrected chi connectivity index (χ2v) is 4.98. The predicted octanol–water partition coefficient (Wildman–Crippen LogP) is 5.08. The lowest BCUT2D eigenvalue weighted by molar-refractivity contribution is 0.664. The monoisotopic (exact) mass is 347 g/mol. The van der Waals surface area contributed by atoms with E-state index in [2.05, 4.69) is 6.58 Å². The predicted molar refractivity (Wildman–Crippen MR) is 104 cm³/mol. The molecule has 2 rings (SSSR count). The molecule has 0 bridgehead atoms. The molecule has 0 saturated heterocycles. The van der Waals surface area contributed by atoms with Crippen LogP contribution in [0.15, 0.2) is 90.9 Å². The maximum absolute atomic E-state index is 12.2. The third kappa shape index (κ3) is 13.0. The van der Waals surface area contributed by atoms with Crippen molar-refractivity contribution in [2.24, 2.45) is 5.73 Å². The van der Waals surface area contributed by atoms with E-state index in [-0.39, 0.29) is 5.83 Å². The summed E-state index contributed by atoms with van der Waals surface area (Å²) in [6, 6.07) is 16.5. The maximum Gasteiger partial charge on any atom is 0.119 e. The molecule has 0 aliphatic heterocycles. The highest BCUT2D eigenvalue weighted by molar-refractivity contribution is 6.30. The van der Waals surface area contributed by atoms with E-state index in [1.54, 1.807) is 31.2 Å². The number of anilines is 2. The maximum atomic E-state index is 12.2. The molecule has 0 atom stereocenters. The third-order valence-electron chi connectivity index (χ3n) is 2.40. The number of nitrogen functional groups attached to an aromatic ring is 2. The minimum absolute atomic E-state index is 0.304. The Morgan fingerprint density at radius 1 is 0.958 bits per heavy atom. The molecule has 0 saturated carbocycles. The zero-order valence-electron chi connectivity index (χ0n) is 13.6. The molecule has 128 valence electrons. The van der Waals surface area contributed by atoms with E-state index in [4.69, 9.17) is 28.8 Å². The van der Waals surface area contributed by atoms with Crippen LogP contribution in [0.3, 0.4) is 0 Å². The van der Waals surface area contributed by atoms with Gasteiger partial charge in [0.25, 0.3) is 0 Å². The largest absolute Gasteiger partial charge is 0.399 e. The van der Waals surface area contributed by atoms with Gasteiger partial charge in [0.05, 0.1) is 0 Å². The van der Waals surface area contributed by atoms with Crippen molar-refractivity contribution in [3.63, 3.8) is 0 Å². The summed E-state index contributed by atoms with van der Waals surface area (Å²) in [6.07, 6.45) is 4.02. The Kier molecular flexibility index (Phi) is 11.3. The number of para-hydroxylation sites is 1. The van der Waals surface area contributed by atoms with Gasteiger partial charge in [-0.15, -0.1) is 0 Å². The second kappa shape index (κ2) is 12.8. The highest BCUT2D eigenvalue weighted by atomic mass is 35.5. The summed E-state index contributed by atoms with van der Waals surface area (Å²) in [5, 5.41) is 0.721. The topological polar surface area (TPSA) is 78.1 Å². The highest BCUT2D eigenvalue weighted by Crippen LogP contribution is 2.09. The molecule has 3 nitrogen and oxygen atoms in total. The van der Waals surface area contributed by atoms with Gasteiger partial charge in [-0.3, -0.25) is 0 Å². The molecule has 6 N–H and O–H groups in total. The van der Waals surface area contributed by atoms with Gasteiger partial charge in [-0.25, -0.2) is 4.39 Å². The summed E-state index contributed by atoms with van der Waals surface area (Å²) < 4.78 is 12.2. The number of rotatable bonds is 2. The highest BCUT2D eigenvalue weighted by Gasteiger charge is 1.82. The molecule has 0 aliphatic rings. The van der Waals surface area contributed by atoms with Crippen molar-refractivity contribution in [1.29, 1.82) is 0 Å². The lowest BCUT2D eigenvalue weighted by atomic mass is 10.3. The van der Waals surface area contributed by atoms with Gasteiger partial charge in [-0.1, -0.05) is 42.5 Å². The molecular weight excluding hydrogens is 325 g/mol. The Labute approximate surface area is 147 Å². The number of hydrogen-bond donors (Lipinski definition) is 3. The molecule has 5 heteroatoms. The fourth-order valence-corrected chi connectivity index (χ4v) is 1.32. The van der Waals surface area contributed by atoms with E-state index in [1.807, 2.05) is 30.3 Å². The molecule has 0 aliphatic carbocycles. The van der Waals surface area contributed by atoms with Crippen molar-refractivity contribution in [3.05, 3.63) is 96.0 Å². The zero-order chi connectivity index (χ0) is 18.4. The van der Waals surface area contributed by atoms with Crippen LogP contribution < -0.4 is 17.2 Å². The van der Waals surface area contributed by atoms with Crippen LogP contribution in [0, 0.1) is 0 Å². The van der Waals surface area contributed by atoms with Crippen LogP contribution in [0.25, 0.3) is 0 Å². The Bertz CT molecular complexity index is 629. The summed E-state index contributed by atoms with van der Waals surface area (Å²) in [5.74, 6) is -0.304. The van der Waals surface area contributed by atoms with Gasteiger partial charge in [0.2, 0.25) is 0 Å². The molecule has 2 aromatic rings. The first-order valence-electron chi connectivity index (χ1n) is 7.11. The molecular formula is C19H23ClFN3. The first-order valence-corrected chi connectivity index (χ1v) is 7.48. The molecule has 0 amide bonds. The summed E-state index contributed by atoms with van der Waals surface area (Å²) >= 11 is 5.56. The summed E-state index contributed by atoms with van der Waals surface area (Å²) in [5.41, 5.74) is 17.8. The zero-order valence-corrected chi connectivity index (χ0v) is 14.4. The van der Waals surface area contributed by atoms with E-state index in [9.17, 15) is 4.39 Å². The van der Waals surface area contributed by atoms with Crippen molar-refractivity contribution in [2.45, 2.75) is 6.92 Å². The van der Waals surface area contributed by atoms with E-state index >= 15 is 0 Å². The first kappa shape index (κ1) is 21.3. The van der Waals surface area contributed by atoms with Gasteiger partial charge in [0, 0.05) is 22.1 Å². The normalized spacial score (nSPS) is 10.2. The number of hydrogen-bond acceptors (Lipinski definition) is 3. The van der Waals surface area contributed by atoms with Crippen LogP contribution in [-0.4, -0.2) is 0 Å². The first-order chi connectivity index (χ1) is 11.3. The van der Waals surface area contributed by atoms with Gasteiger partial charge in [0.15, 0.2) is 0 Å². The molecule has 0 unspecified atom stereocenters. The Morgan fingerprint density at radius 3 is 1.79 bits per heavy atom. The van der Waals surface area contributed by atoms with Gasteiger partial charge in [-0.2, -0.15) is 0 Å². The van der Waals surface area contributed by atoms with Gasteiger partial charge in [0.1, 0.15) is 5.83 Å². The van der Waals surface area contributed by atoms with Crippen LogP contribution in [0.1, 0.15) is 6.92 Å². The molecule has 0 radical (unpaired) electrons. The van der Waals surface area contributed by atoms with E-state index in [1.165, 1.54) is 18.2 Å². The molecule has 0 fully saturated rings. The summed E-state index contributed by atoms with van der Waals surface area (Å²) in [7, 11) is 0. The number of benzene rings is 2. The van der Waals surface area contributed by atoms with Crippen molar-refractivity contribution in [1.82, 2.24) is 0 Å². The molecule has 0 spiro atoms.